The van der Waals surface area contributed by atoms with Gasteiger partial charge in [-0.05, 0) is 26.0 Å². The van der Waals surface area contributed by atoms with E-state index >= 15 is 0 Å². The lowest BCUT2D eigenvalue weighted by molar-refractivity contribution is -0.122. The number of hydrogen-bond acceptors (Lipinski definition) is 4. The highest BCUT2D eigenvalue weighted by Gasteiger charge is 2.34. The van der Waals surface area contributed by atoms with Gasteiger partial charge in [-0.2, -0.15) is 5.10 Å². The Morgan fingerprint density at radius 1 is 1.33 bits per heavy atom. The highest BCUT2D eigenvalue weighted by Crippen LogP contribution is 2.31. The molecule has 0 saturated carbocycles. The van der Waals surface area contributed by atoms with Crippen LogP contribution in [0.15, 0.2) is 29.6 Å². The monoisotopic (exact) mass is 221 g/mol. The van der Waals surface area contributed by atoms with Crippen molar-refractivity contribution in [3.05, 3.63) is 30.1 Å². The van der Waals surface area contributed by atoms with Gasteiger partial charge < -0.3 is 0 Å². The molecule has 0 radical (unpaired) electrons. The van der Waals surface area contributed by atoms with Crippen LogP contribution >= 0.6 is 11.8 Å². The summed E-state index contributed by atoms with van der Waals surface area (Å²) in [5.74, 6) is -0.0645. The fraction of sp³-hybridized carbons (Fsp3) is 0.300. The Morgan fingerprint density at radius 3 is 2.60 bits per heavy atom. The lowest BCUT2D eigenvalue weighted by Crippen LogP contribution is -2.42. The Kier molecular flexibility index (Phi) is 2.48. The first kappa shape index (κ1) is 10.2. The first-order valence-electron chi connectivity index (χ1n) is 4.57. The summed E-state index contributed by atoms with van der Waals surface area (Å²) in [6.45, 7) is 3.76. The van der Waals surface area contributed by atoms with E-state index in [0.717, 1.165) is 10.6 Å². The molecule has 1 aliphatic rings. The number of thioether (sulfide) groups is 1. The van der Waals surface area contributed by atoms with Crippen LogP contribution in [-0.4, -0.2) is 20.7 Å². The van der Waals surface area contributed by atoms with E-state index in [1.165, 1.54) is 11.8 Å². The third-order valence-corrected chi connectivity index (χ3v) is 3.30. The second-order valence-electron chi connectivity index (χ2n) is 3.71. The Labute approximate surface area is 92.2 Å². The van der Waals surface area contributed by atoms with Gasteiger partial charge in [0.2, 0.25) is 0 Å². The van der Waals surface area contributed by atoms with Crippen molar-refractivity contribution < 1.29 is 4.79 Å². The number of carbonyl (C=O) groups excluding carboxylic acids is 1. The SMILES string of the molecule is CC1(C)SC(c2ccncc2)=NNC1=O. The molecular weight excluding hydrogens is 210 g/mol. The standard InChI is InChI=1S/C10H11N3OS/c1-10(2)9(14)13-12-8(15-10)7-3-5-11-6-4-7/h3-6H,1-2H3,(H,13,14). The molecule has 5 heteroatoms. The van der Waals surface area contributed by atoms with Crippen LogP contribution in [0.5, 0.6) is 0 Å². The zero-order valence-corrected chi connectivity index (χ0v) is 9.34. The van der Waals surface area contributed by atoms with Crippen LogP contribution in [0.3, 0.4) is 0 Å². The minimum absolute atomic E-state index is 0.0645. The van der Waals surface area contributed by atoms with Crippen LogP contribution in [0.4, 0.5) is 0 Å². The molecule has 0 unspecified atom stereocenters. The van der Waals surface area contributed by atoms with Gasteiger partial charge in [0.15, 0.2) is 0 Å². The largest absolute Gasteiger partial charge is 0.272 e. The van der Waals surface area contributed by atoms with Crippen molar-refractivity contribution in [3.8, 4) is 0 Å². The predicted octanol–water partition coefficient (Wildman–Crippen LogP) is 1.38. The predicted molar refractivity (Wildman–Crippen MR) is 60.6 cm³/mol. The Hall–Kier alpha value is -1.36. The molecule has 15 heavy (non-hydrogen) atoms. The zero-order valence-electron chi connectivity index (χ0n) is 8.52. The number of aromatic nitrogens is 1. The number of pyridine rings is 1. The van der Waals surface area contributed by atoms with E-state index in [1.54, 1.807) is 12.4 Å². The lowest BCUT2D eigenvalue weighted by Gasteiger charge is -2.26. The first-order chi connectivity index (χ1) is 7.09. The van der Waals surface area contributed by atoms with Crippen molar-refractivity contribution >= 4 is 22.7 Å². The molecule has 0 atom stereocenters. The van der Waals surface area contributed by atoms with Gasteiger partial charge in [0.1, 0.15) is 5.04 Å². The number of amides is 1. The minimum atomic E-state index is -0.472. The fourth-order valence-corrected chi connectivity index (χ4v) is 2.13. The van der Waals surface area contributed by atoms with E-state index in [1.807, 2.05) is 26.0 Å². The maximum atomic E-state index is 11.4. The Balaban J connectivity index is 2.30. The van der Waals surface area contributed by atoms with Crippen LogP contribution in [0.1, 0.15) is 19.4 Å². The van der Waals surface area contributed by atoms with Crippen LogP contribution in [0.25, 0.3) is 0 Å². The molecule has 1 aliphatic heterocycles. The minimum Gasteiger partial charge on any atom is -0.272 e. The molecule has 0 fully saturated rings. The highest BCUT2D eigenvalue weighted by atomic mass is 32.2. The Morgan fingerprint density at radius 2 is 2.00 bits per heavy atom. The average Bonchev–Trinajstić information content (AvgIpc) is 2.23. The van der Waals surface area contributed by atoms with Crippen molar-refractivity contribution in [3.63, 3.8) is 0 Å². The van der Waals surface area contributed by atoms with Crippen molar-refractivity contribution in [2.75, 3.05) is 0 Å². The summed E-state index contributed by atoms with van der Waals surface area (Å²) >= 11 is 1.46. The van der Waals surface area contributed by atoms with Gasteiger partial charge in [0.25, 0.3) is 5.91 Å². The summed E-state index contributed by atoms with van der Waals surface area (Å²) in [6, 6.07) is 3.75. The normalized spacial score (nSPS) is 19.3. The second-order valence-corrected chi connectivity index (χ2v) is 5.32. The lowest BCUT2D eigenvalue weighted by atomic mass is 10.2. The molecule has 1 aromatic heterocycles. The van der Waals surface area contributed by atoms with Gasteiger partial charge in [-0.25, -0.2) is 5.43 Å². The number of nitrogens with one attached hydrogen (secondary N) is 1. The van der Waals surface area contributed by atoms with Gasteiger partial charge in [-0.15, -0.1) is 0 Å². The smallest absolute Gasteiger partial charge is 0.256 e. The summed E-state index contributed by atoms with van der Waals surface area (Å²) in [5, 5.41) is 4.85. The Bertz CT molecular complexity index is 414. The molecule has 0 bridgehead atoms. The van der Waals surface area contributed by atoms with Crippen LogP contribution in [0.2, 0.25) is 0 Å². The number of rotatable bonds is 1. The molecule has 0 aromatic carbocycles. The molecule has 1 amide bonds. The average molecular weight is 221 g/mol. The van der Waals surface area contributed by atoms with Crippen LogP contribution < -0.4 is 5.43 Å². The molecule has 2 heterocycles. The summed E-state index contributed by atoms with van der Waals surface area (Å²) < 4.78 is -0.472. The maximum Gasteiger partial charge on any atom is 0.256 e. The molecular formula is C10H11N3OS. The van der Waals surface area contributed by atoms with Gasteiger partial charge in [-0.1, -0.05) is 11.8 Å². The molecule has 0 saturated heterocycles. The number of hydrogen-bond donors (Lipinski definition) is 1. The number of nitrogens with zero attached hydrogens (tertiary/aromatic N) is 2. The van der Waals surface area contributed by atoms with Gasteiger partial charge in [0, 0.05) is 18.0 Å². The van der Waals surface area contributed by atoms with E-state index < -0.39 is 4.75 Å². The highest BCUT2D eigenvalue weighted by molar-refractivity contribution is 8.16. The molecule has 0 spiro atoms. The van der Waals surface area contributed by atoms with Crippen molar-refractivity contribution in [2.24, 2.45) is 5.10 Å². The third kappa shape index (κ3) is 2.02. The van der Waals surface area contributed by atoms with E-state index in [2.05, 4.69) is 15.5 Å². The molecule has 1 aromatic rings. The summed E-state index contributed by atoms with van der Waals surface area (Å²) in [4.78, 5) is 15.4. The third-order valence-electron chi connectivity index (χ3n) is 2.08. The summed E-state index contributed by atoms with van der Waals surface area (Å²) in [5.41, 5.74) is 3.50. The van der Waals surface area contributed by atoms with Crippen molar-refractivity contribution in [2.45, 2.75) is 18.6 Å². The van der Waals surface area contributed by atoms with Crippen molar-refractivity contribution in [1.82, 2.24) is 10.4 Å². The second kappa shape index (κ2) is 3.66. The summed E-state index contributed by atoms with van der Waals surface area (Å²) in [6.07, 6.45) is 3.42. The topological polar surface area (TPSA) is 54.4 Å². The molecule has 1 N–H and O–H groups in total. The number of carbonyl (C=O) groups is 1. The maximum absolute atomic E-state index is 11.4. The first-order valence-corrected chi connectivity index (χ1v) is 5.39. The van der Waals surface area contributed by atoms with E-state index in [-0.39, 0.29) is 5.91 Å². The van der Waals surface area contributed by atoms with E-state index in [9.17, 15) is 4.79 Å². The van der Waals surface area contributed by atoms with Crippen LogP contribution in [0, 0.1) is 0 Å². The summed E-state index contributed by atoms with van der Waals surface area (Å²) in [7, 11) is 0. The quantitative estimate of drug-likeness (QED) is 0.779. The fourth-order valence-electron chi connectivity index (χ4n) is 1.16. The van der Waals surface area contributed by atoms with Gasteiger partial charge in [0.05, 0.1) is 4.75 Å². The van der Waals surface area contributed by atoms with Crippen LogP contribution in [-0.2, 0) is 4.79 Å². The van der Waals surface area contributed by atoms with Crippen molar-refractivity contribution in [1.29, 1.82) is 0 Å². The molecule has 78 valence electrons. The zero-order chi connectivity index (χ0) is 10.9. The van der Waals surface area contributed by atoms with E-state index in [4.69, 9.17) is 0 Å². The molecule has 2 rings (SSSR count). The number of hydrazone groups is 1. The van der Waals surface area contributed by atoms with E-state index in [0.29, 0.717) is 0 Å². The molecule has 0 aliphatic carbocycles. The molecule has 4 nitrogen and oxygen atoms in total. The van der Waals surface area contributed by atoms with Gasteiger partial charge in [-0.3, -0.25) is 9.78 Å². The van der Waals surface area contributed by atoms with Gasteiger partial charge >= 0.3 is 0 Å².